The maximum absolute atomic E-state index is 12.8. The zero-order chi connectivity index (χ0) is 23.3. The molecule has 0 spiro atoms. The van der Waals surface area contributed by atoms with Gasteiger partial charge in [-0.05, 0) is 24.3 Å². The van der Waals surface area contributed by atoms with E-state index in [1.807, 2.05) is 0 Å². The van der Waals surface area contributed by atoms with E-state index < -0.39 is 34.2 Å². The molecule has 8 nitrogen and oxygen atoms in total. The average Bonchev–Trinajstić information content (AvgIpc) is 2.67. The van der Waals surface area contributed by atoms with Gasteiger partial charge in [-0.2, -0.15) is 13.2 Å². The summed E-state index contributed by atoms with van der Waals surface area (Å²) in [6.45, 7) is 1.06. The number of carbonyl (C=O) groups is 2. The van der Waals surface area contributed by atoms with Gasteiger partial charge in [0.2, 0.25) is 0 Å². The fraction of sp³-hybridized carbons (Fsp3) is 0.263. The van der Waals surface area contributed by atoms with Crippen molar-refractivity contribution in [1.82, 2.24) is 4.90 Å². The molecule has 2 aromatic rings. The second-order valence-corrected chi connectivity index (χ2v) is 6.66. The number of amides is 1. The summed E-state index contributed by atoms with van der Waals surface area (Å²) >= 11 is 5.85. The topological polar surface area (TPSA) is 99.0 Å². The van der Waals surface area contributed by atoms with Gasteiger partial charge in [0, 0.05) is 26.1 Å². The van der Waals surface area contributed by atoms with Gasteiger partial charge in [-0.15, -0.1) is 0 Å². The monoisotopic (exact) mass is 460 g/mol. The van der Waals surface area contributed by atoms with Crippen molar-refractivity contribution < 1.29 is 37.2 Å². The Bertz CT molecular complexity index is 1010. The number of carbonyl (C=O) groups excluding carboxylic acids is 2. The summed E-state index contributed by atoms with van der Waals surface area (Å²) in [5, 5.41) is 11.0. The number of hydrogen-bond donors (Lipinski definition) is 0. The smallest absolute Gasteiger partial charge is 0.416 e. The molecule has 0 unspecified atom stereocenters. The Morgan fingerprint density at radius 2 is 1.87 bits per heavy atom. The Morgan fingerprint density at radius 3 is 2.42 bits per heavy atom. The van der Waals surface area contributed by atoms with E-state index in [4.69, 9.17) is 21.1 Å². The SMILES string of the molecule is CC(=O)OCCN(C)C(=O)c1cc(Oc2ccc(C(F)(F)F)cc2Cl)ccc1[N+](=O)[O-]. The predicted molar refractivity (Wildman–Crippen MR) is 103 cm³/mol. The van der Waals surface area contributed by atoms with E-state index in [-0.39, 0.29) is 35.2 Å². The van der Waals surface area contributed by atoms with E-state index in [0.717, 1.165) is 29.2 Å². The van der Waals surface area contributed by atoms with Crippen LogP contribution in [-0.4, -0.2) is 41.9 Å². The number of rotatable bonds is 7. The van der Waals surface area contributed by atoms with E-state index in [9.17, 15) is 32.9 Å². The number of halogens is 4. The average molecular weight is 461 g/mol. The Kier molecular flexibility index (Phi) is 7.45. The highest BCUT2D eigenvalue weighted by Crippen LogP contribution is 2.37. The van der Waals surface area contributed by atoms with Crippen LogP contribution in [-0.2, 0) is 15.7 Å². The molecular weight excluding hydrogens is 445 g/mol. The molecule has 0 aromatic heterocycles. The first-order chi connectivity index (χ1) is 14.4. The molecule has 0 saturated heterocycles. The summed E-state index contributed by atoms with van der Waals surface area (Å²) in [5.41, 5.74) is -1.80. The van der Waals surface area contributed by atoms with Crippen molar-refractivity contribution in [3.8, 4) is 11.5 Å². The van der Waals surface area contributed by atoms with Crippen LogP contribution in [0.1, 0.15) is 22.8 Å². The van der Waals surface area contributed by atoms with Crippen LogP contribution in [0.4, 0.5) is 18.9 Å². The second kappa shape index (κ2) is 9.65. The molecule has 0 aliphatic rings. The van der Waals surface area contributed by atoms with E-state index in [2.05, 4.69) is 0 Å². The van der Waals surface area contributed by atoms with Crippen LogP contribution in [0.25, 0.3) is 0 Å². The molecule has 0 atom stereocenters. The van der Waals surface area contributed by atoms with E-state index in [1.54, 1.807) is 0 Å². The van der Waals surface area contributed by atoms with Crippen LogP contribution in [0.15, 0.2) is 36.4 Å². The molecule has 0 bridgehead atoms. The predicted octanol–water partition coefficient (Wildman–Crippen LogP) is 4.69. The fourth-order valence-electron chi connectivity index (χ4n) is 2.43. The van der Waals surface area contributed by atoms with Crippen LogP contribution in [0.3, 0.4) is 0 Å². The lowest BCUT2D eigenvalue weighted by Gasteiger charge is -2.17. The number of esters is 1. The van der Waals surface area contributed by atoms with Crippen molar-refractivity contribution in [2.45, 2.75) is 13.1 Å². The summed E-state index contributed by atoms with van der Waals surface area (Å²) in [6, 6.07) is 5.73. The first kappa shape index (κ1) is 23.9. The van der Waals surface area contributed by atoms with Gasteiger partial charge in [-0.1, -0.05) is 11.6 Å². The molecular formula is C19H16ClF3N2O6. The first-order valence-corrected chi connectivity index (χ1v) is 9.00. The van der Waals surface area contributed by atoms with Crippen molar-refractivity contribution >= 4 is 29.2 Å². The highest BCUT2D eigenvalue weighted by atomic mass is 35.5. The minimum absolute atomic E-state index is 0.0224. The van der Waals surface area contributed by atoms with Gasteiger partial charge >= 0.3 is 12.1 Å². The summed E-state index contributed by atoms with van der Waals surface area (Å²) in [4.78, 5) is 35.1. The second-order valence-electron chi connectivity index (χ2n) is 6.25. The van der Waals surface area contributed by atoms with Crippen molar-refractivity contribution in [3.63, 3.8) is 0 Å². The third-order valence-electron chi connectivity index (χ3n) is 3.96. The van der Waals surface area contributed by atoms with Gasteiger partial charge in [0.15, 0.2) is 0 Å². The third-order valence-corrected chi connectivity index (χ3v) is 4.26. The number of nitro groups is 1. The van der Waals surface area contributed by atoms with Crippen LogP contribution in [0, 0.1) is 10.1 Å². The lowest BCUT2D eigenvalue weighted by atomic mass is 10.1. The number of ether oxygens (including phenoxy) is 2. The minimum Gasteiger partial charge on any atom is -0.464 e. The summed E-state index contributed by atoms with van der Waals surface area (Å²) in [6.07, 6.45) is -4.59. The van der Waals surface area contributed by atoms with Gasteiger partial charge in [-0.3, -0.25) is 19.7 Å². The molecule has 0 aliphatic heterocycles. The third kappa shape index (κ3) is 6.32. The molecule has 0 N–H and O–H groups in total. The van der Waals surface area contributed by atoms with Crippen molar-refractivity contribution in [3.05, 3.63) is 62.7 Å². The van der Waals surface area contributed by atoms with Gasteiger partial charge in [-0.25, -0.2) is 0 Å². The molecule has 0 aliphatic carbocycles. The summed E-state index contributed by atoms with van der Waals surface area (Å²) < 4.78 is 48.5. The van der Waals surface area contributed by atoms with E-state index in [1.165, 1.54) is 20.0 Å². The number of likely N-dealkylation sites (N-methyl/N-ethyl adjacent to an activating group) is 1. The lowest BCUT2D eigenvalue weighted by Crippen LogP contribution is -2.31. The van der Waals surface area contributed by atoms with Crippen LogP contribution < -0.4 is 4.74 Å². The molecule has 0 saturated carbocycles. The molecule has 12 heteroatoms. The van der Waals surface area contributed by atoms with Crippen LogP contribution in [0.2, 0.25) is 5.02 Å². The quantitative estimate of drug-likeness (QED) is 0.337. The highest BCUT2D eigenvalue weighted by Gasteiger charge is 2.31. The fourth-order valence-corrected chi connectivity index (χ4v) is 2.65. The van der Waals surface area contributed by atoms with Crippen molar-refractivity contribution in [2.75, 3.05) is 20.2 Å². The normalized spacial score (nSPS) is 11.0. The van der Waals surface area contributed by atoms with Crippen molar-refractivity contribution in [2.24, 2.45) is 0 Å². The van der Waals surface area contributed by atoms with Crippen LogP contribution in [0.5, 0.6) is 11.5 Å². The largest absolute Gasteiger partial charge is 0.464 e. The Morgan fingerprint density at radius 1 is 1.19 bits per heavy atom. The number of nitrogens with zero attached hydrogens (tertiary/aromatic N) is 2. The Labute approximate surface area is 179 Å². The molecule has 1 amide bonds. The maximum Gasteiger partial charge on any atom is 0.416 e. The van der Waals surface area contributed by atoms with E-state index >= 15 is 0 Å². The zero-order valence-electron chi connectivity index (χ0n) is 16.2. The van der Waals surface area contributed by atoms with Gasteiger partial charge in [0.25, 0.3) is 11.6 Å². The molecule has 2 aromatic carbocycles. The van der Waals surface area contributed by atoms with E-state index in [0.29, 0.717) is 6.07 Å². The molecule has 31 heavy (non-hydrogen) atoms. The van der Waals surface area contributed by atoms with Crippen molar-refractivity contribution in [1.29, 1.82) is 0 Å². The minimum atomic E-state index is -4.59. The lowest BCUT2D eigenvalue weighted by molar-refractivity contribution is -0.385. The zero-order valence-corrected chi connectivity index (χ0v) is 17.0. The number of hydrogen-bond acceptors (Lipinski definition) is 6. The Balaban J connectivity index is 2.30. The highest BCUT2D eigenvalue weighted by molar-refractivity contribution is 6.32. The number of alkyl halides is 3. The molecule has 0 heterocycles. The van der Waals surface area contributed by atoms with Gasteiger partial charge < -0.3 is 14.4 Å². The summed E-state index contributed by atoms with van der Waals surface area (Å²) in [7, 11) is 1.36. The first-order valence-electron chi connectivity index (χ1n) is 8.62. The molecule has 166 valence electrons. The summed E-state index contributed by atoms with van der Waals surface area (Å²) in [5.74, 6) is -1.48. The maximum atomic E-state index is 12.8. The molecule has 0 fully saturated rings. The molecule has 2 rings (SSSR count). The number of benzene rings is 2. The number of nitro benzene ring substituents is 1. The molecule has 0 radical (unpaired) electrons. The van der Waals surface area contributed by atoms with Crippen LogP contribution >= 0.6 is 11.6 Å². The standard InChI is InChI=1S/C19H16ClF3N2O6/c1-11(26)30-8-7-24(2)18(27)14-10-13(4-5-16(14)25(28)29)31-17-6-3-12(9-15(17)20)19(21,22)23/h3-6,9-10H,7-8H2,1-2H3. The Hall–Kier alpha value is -3.34. The van der Waals surface area contributed by atoms with Gasteiger partial charge in [0.05, 0.1) is 22.1 Å². The van der Waals surface area contributed by atoms with Gasteiger partial charge in [0.1, 0.15) is 23.7 Å².